The van der Waals surface area contributed by atoms with Crippen LogP contribution in [-0.4, -0.2) is 44.1 Å². The van der Waals surface area contributed by atoms with Gasteiger partial charge < -0.3 is 9.64 Å². The molecule has 4 nitrogen and oxygen atoms in total. The maximum atomic E-state index is 11.9. The molecule has 1 aliphatic heterocycles. The van der Waals surface area contributed by atoms with Crippen LogP contribution in [0.25, 0.3) is 0 Å². The summed E-state index contributed by atoms with van der Waals surface area (Å²) < 4.78 is 5.58. The van der Waals surface area contributed by atoms with Crippen LogP contribution in [-0.2, 0) is 12.8 Å². The molecule has 146 valence electrons. The van der Waals surface area contributed by atoms with E-state index in [1.165, 1.54) is 29.5 Å². The maximum absolute atomic E-state index is 11.9. The number of ether oxygens (including phenoxy) is 1. The molecular formula is C24H28N2O2. The fraction of sp³-hybridized carbons (Fsp3) is 0.417. The quantitative estimate of drug-likeness (QED) is 0.741. The van der Waals surface area contributed by atoms with E-state index in [0.717, 1.165) is 42.9 Å². The molecule has 0 saturated heterocycles. The standard InChI is InChI=1S/C24H28N2O2/c1-26(14-12-17-9-10-21-22(15-17)25-13-11-23(21)27)16-18-5-3-7-20-19(18)6-4-8-24(20)28-2/h4,6,8-10,13,15,18H,3,5,7,11-12,14,16H2,1-2H3. The third-order valence-electron chi connectivity index (χ3n) is 5.99. The average molecular weight is 377 g/mol. The second kappa shape index (κ2) is 8.27. The zero-order valence-corrected chi connectivity index (χ0v) is 16.8. The van der Waals surface area contributed by atoms with Gasteiger partial charge in [0.1, 0.15) is 5.75 Å². The number of hydrogen-bond donors (Lipinski definition) is 0. The SMILES string of the molecule is COc1cccc2c1CCCC2CN(C)CCc1ccc2c(c1)N=CCC2=O. The largest absolute Gasteiger partial charge is 0.496 e. The van der Waals surface area contributed by atoms with Gasteiger partial charge in [-0.25, -0.2) is 0 Å². The second-order valence-corrected chi connectivity index (χ2v) is 7.92. The van der Waals surface area contributed by atoms with Gasteiger partial charge in [0, 0.05) is 31.3 Å². The molecule has 0 N–H and O–H groups in total. The van der Waals surface area contributed by atoms with E-state index in [2.05, 4.69) is 47.3 Å². The van der Waals surface area contributed by atoms with Crippen LogP contribution in [0.15, 0.2) is 41.4 Å². The van der Waals surface area contributed by atoms with Crippen molar-refractivity contribution in [2.45, 2.75) is 38.0 Å². The molecule has 1 atom stereocenters. The molecule has 4 rings (SSSR count). The Morgan fingerprint density at radius 3 is 3.00 bits per heavy atom. The van der Waals surface area contributed by atoms with Gasteiger partial charge >= 0.3 is 0 Å². The van der Waals surface area contributed by atoms with E-state index in [4.69, 9.17) is 4.74 Å². The Bertz CT molecular complexity index is 903. The Labute approximate surface area is 167 Å². The van der Waals surface area contributed by atoms with E-state index in [0.29, 0.717) is 12.3 Å². The number of carbonyl (C=O) groups excluding carboxylic acids is 1. The van der Waals surface area contributed by atoms with E-state index in [9.17, 15) is 4.79 Å². The van der Waals surface area contributed by atoms with Crippen LogP contribution in [0.5, 0.6) is 5.75 Å². The Hall–Kier alpha value is -2.46. The van der Waals surface area contributed by atoms with Gasteiger partial charge in [0.25, 0.3) is 0 Å². The van der Waals surface area contributed by atoms with Crippen LogP contribution in [0.1, 0.15) is 52.2 Å². The van der Waals surface area contributed by atoms with E-state index < -0.39 is 0 Å². The Morgan fingerprint density at radius 1 is 1.25 bits per heavy atom. The number of aliphatic imine (C=N–C) groups is 1. The van der Waals surface area contributed by atoms with Gasteiger partial charge in [-0.1, -0.05) is 18.2 Å². The smallest absolute Gasteiger partial charge is 0.170 e. The van der Waals surface area contributed by atoms with Crippen molar-refractivity contribution in [3.05, 3.63) is 58.7 Å². The molecule has 0 spiro atoms. The molecule has 0 bridgehead atoms. The fourth-order valence-corrected chi connectivity index (χ4v) is 4.49. The predicted octanol–water partition coefficient (Wildman–Crippen LogP) is 4.58. The highest BCUT2D eigenvalue weighted by Gasteiger charge is 2.23. The summed E-state index contributed by atoms with van der Waals surface area (Å²) in [6, 6.07) is 12.5. The first-order chi connectivity index (χ1) is 13.7. The van der Waals surface area contributed by atoms with Crippen molar-refractivity contribution in [1.82, 2.24) is 4.90 Å². The fourth-order valence-electron chi connectivity index (χ4n) is 4.49. The van der Waals surface area contributed by atoms with E-state index >= 15 is 0 Å². The van der Waals surface area contributed by atoms with Crippen molar-refractivity contribution in [3.8, 4) is 5.75 Å². The molecule has 1 unspecified atom stereocenters. The summed E-state index contributed by atoms with van der Waals surface area (Å²) in [5.74, 6) is 1.77. The summed E-state index contributed by atoms with van der Waals surface area (Å²) >= 11 is 0. The Kier molecular flexibility index (Phi) is 5.58. The first kappa shape index (κ1) is 18.9. The minimum atomic E-state index is 0.167. The molecule has 2 aromatic carbocycles. The molecule has 4 heteroatoms. The first-order valence-corrected chi connectivity index (χ1v) is 10.2. The lowest BCUT2D eigenvalue weighted by Gasteiger charge is -2.30. The summed E-state index contributed by atoms with van der Waals surface area (Å²) in [5.41, 5.74) is 5.67. The predicted molar refractivity (Wildman–Crippen MR) is 113 cm³/mol. The van der Waals surface area contributed by atoms with Gasteiger partial charge in [0.05, 0.1) is 12.8 Å². The lowest BCUT2D eigenvalue weighted by molar-refractivity contribution is 0.100. The second-order valence-electron chi connectivity index (χ2n) is 7.92. The van der Waals surface area contributed by atoms with E-state index in [-0.39, 0.29) is 5.78 Å². The molecule has 0 radical (unpaired) electrons. The minimum Gasteiger partial charge on any atom is -0.496 e. The molecule has 0 amide bonds. The highest BCUT2D eigenvalue weighted by Crippen LogP contribution is 2.37. The number of Topliss-reactive ketones (excluding diaryl/α,β-unsaturated/α-hetero) is 1. The summed E-state index contributed by atoms with van der Waals surface area (Å²) in [7, 11) is 3.97. The van der Waals surface area contributed by atoms with Gasteiger partial charge in [-0.3, -0.25) is 9.79 Å². The van der Waals surface area contributed by atoms with Gasteiger partial charge in [-0.05, 0) is 73.5 Å². The molecule has 1 aliphatic carbocycles. The number of fused-ring (bicyclic) bond motifs is 2. The average Bonchev–Trinajstić information content (AvgIpc) is 2.72. The van der Waals surface area contributed by atoms with Crippen LogP contribution < -0.4 is 4.74 Å². The van der Waals surface area contributed by atoms with Crippen molar-refractivity contribution >= 4 is 17.7 Å². The summed E-state index contributed by atoms with van der Waals surface area (Å²) in [6.45, 7) is 2.05. The number of ketones is 1. The summed E-state index contributed by atoms with van der Waals surface area (Å²) in [6.07, 6.45) is 6.68. The Morgan fingerprint density at radius 2 is 2.14 bits per heavy atom. The van der Waals surface area contributed by atoms with E-state index in [1.54, 1.807) is 13.3 Å². The first-order valence-electron chi connectivity index (χ1n) is 10.2. The van der Waals surface area contributed by atoms with Crippen LogP contribution >= 0.6 is 0 Å². The number of methoxy groups -OCH3 is 1. The minimum absolute atomic E-state index is 0.167. The van der Waals surface area contributed by atoms with Crippen molar-refractivity contribution in [3.63, 3.8) is 0 Å². The van der Waals surface area contributed by atoms with Gasteiger partial charge in [0.15, 0.2) is 5.78 Å². The van der Waals surface area contributed by atoms with Crippen LogP contribution in [0.3, 0.4) is 0 Å². The normalized spacial score (nSPS) is 18.1. The number of rotatable bonds is 6. The van der Waals surface area contributed by atoms with Crippen molar-refractivity contribution in [1.29, 1.82) is 0 Å². The molecule has 0 aromatic heterocycles. The Balaban J connectivity index is 1.39. The van der Waals surface area contributed by atoms with Crippen molar-refractivity contribution in [2.75, 3.05) is 27.2 Å². The number of hydrogen-bond acceptors (Lipinski definition) is 4. The third-order valence-corrected chi connectivity index (χ3v) is 5.99. The van der Waals surface area contributed by atoms with Crippen molar-refractivity contribution in [2.24, 2.45) is 4.99 Å². The van der Waals surface area contributed by atoms with Gasteiger partial charge in [0.2, 0.25) is 0 Å². The monoisotopic (exact) mass is 376 g/mol. The molecule has 0 saturated carbocycles. The van der Waals surface area contributed by atoms with Crippen LogP contribution in [0.2, 0.25) is 0 Å². The number of nitrogens with zero attached hydrogens (tertiary/aromatic N) is 2. The molecule has 28 heavy (non-hydrogen) atoms. The molecule has 2 aromatic rings. The zero-order chi connectivity index (χ0) is 19.5. The molecule has 0 fully saturated rings. The zero-order valence-electron chi connectivity index (χ0n) is 16.8. The third kappa shape index (κ3) is 3.88. The summed E-state index contributed by atoms with van der Waals surface area (Å²) in [5, 5.41) is 0. The van der Waals surface area contributed by atoms with Crippen LogP contribution in [0, 0.1) is 0 Å². The highest BCUT2D eigenvalue weighted by atomic mass is 16.5. The highest BCUT2D eigenvalue weighted by molar-refractivity contribution is 6.10. The summed E-state index contributed by atoms with van der Waals surface area (Å²) in [4.78, 5) is 18.7. The number of carbonyl (C=O) groups is 1. The molecular weight excluding hydrogens is 348 g/mol. The number of benzene rings is 2. The van der Waals surface area contributed by atoms with Crippen molar-refractivity contribution < 1.29 is 9.53 Å². The van der Waals surface area contributed by atoms with Gasteiger partial charge in [-0.15, -0.1) is 0 Å². The topological polar surface area (TPSA) is 41.9 Å². The molecule has 1 heterocycles. The van der Waals surface area contributed by atoms with Crippen LogP contribution in [0.4, 0.5) is 5.69 Å². The van der Waals surface area contributed by atoms with E-state index in [1.807, 2.05) is 6.07 Å². The lowest BCUT2D eigenvalue weighted by atomic mass is 9.82. The number of likely N-dealkylation sites (N-methyl/N-ethyl adjacent to an activating group) is 1. The molecule has 2 aliphatic rings. The maximum Gasteiger partial charge on any atom is 0.170 e. The lowest BCUT2D eigenvalue weighted by Crippen LogP contribution is -2.28. The van der Waals surface area contributed by atoms with Gasteiger partial charge in [-0.2, -0.15) is 0 Å².